The van der Waals surface area contributed by atoms with Crippen molar-refractivity contribution in [2.45, 2.75) is 45.8 Å². The number of phenols is 4. The van der Waals surface area contributed by atoms with E-state index in [4.69, 9.17) is 64.1 Å². The van der Waals surface area contributed by atoms with E-state index >= 15 is 0 Å². The zero-order valence-corrected chi connectivity index (χ0v) is 37.8. The molecule has 11 nitrogen and oxygen atoms in total. The Hall–Kier alpha value is -5.89. The molecule has 9 aromatic rings. The maximum absolute atomic E-state index is 12.9. The third-order valence-corrected chi connectivity index (χ3v) is 16.6. The van der Waals surface area contributed by atoms with E-state index < -0.39 is 8.32 Å². The van der Waals surface area contributed by atoms with Gasteiger partial charge < -0.3 is 38.1 Å². The van der Waals surface area contributed by atoms with E-state index in [1.54, 1.807) is 18.2 Å². The maximum Gasteiger partial charge on any atom is 0.250 e. The standard InChI is InChI=1S/C20H22Cl2O3Si.C13H6Cl2O4.C13H8O4/c1-11-7-8-12-17(23)13-9-10-14(25-26(5,6)20(2,3)4)16(22)19(13)24-18(12)15(11)21;14-9-7(16)3-1-5-11(18)6-2-4-8(17)10(15)13(6)19-12(5)9;14-7-1-3-9-11(5-7)17-12-6-8(15)2-4-10(12)13(9)16/h7-10H,1-6H3;1-4,16-17H;1-6,14-15H. The molecule has 0 unspecified atom stereocenters. The molecule has 4 N–H and O–H groups in total. The lowest BCUT2D eigenvalue weighted by Gasteiger charge is -2.36. The van der Waals surface area contributed by atoms with Gasteiger partial charge in [-0.3, -0.25) is 14.4 Å². The number of hydrogen-bond acceptors (Lipinski definition) is 11. The number of fused-ring (bicyclic) bond motifs is 6. The molecule has 16 heteroatoms. The van der Waals surface area contributed by atoms with Gasteiger partial charge in [-0.05, 0) is 97.3 Å². The highest BCUT2D eigenvalue weighted by Crippen LogP contribution is 2.42. The third-order valence-electron chi connectivity index (χ3n) is 10.7. The summed E-state index contributed by atoms with van der Waals surface area (Å²) in [4.78, 5) is 37.2. The molecule has 0 saturated heterocycles. The van der Waals surface area contributed by atoms with Gasteiger partial charge in [0.25, 0.3) is 8.32 Å². The van der Waals surface area contributed by atoms with E-state index in [0.29, 0.717) is 59.7 Å². The first-order valence-corrected chi connectivity index (χ1v) is 23.2. The fraction of sp³-hybridized carbons (Fsp3) is 0.152. The summed E-state index contributed by atoms with van der Waals surface area (Å²) in [5.41, 5.74) is 1.51. The molecular weight excluding hydrogens is 898 g/mol. The fourth-order valence-corrected chi connectivity index (χ4v) is 8.17. The number of halogens is 4. The molecule has 0 bridgehead atoms. The Kier molecular flexibility index (Phi) is 11.7. The lowest BCUT2D eigenvalue weighted by molar-refractivity contribution is 0.472. The van der Waals surface area contributed by atoms with Crippen LogP contribution in [0.3, 0.4) is 0 Å². The maximum atomic E-state index is 12.9. The average molecular weight is 935 g/mol. The molecule has 9 rings (SSSR count). The van der Waals surface area contributed by atoms with Gasteiger partial charge in [0.1, 0.15) is 55.0 Å². The minimum Gasteiger partial charge on any atom is -0.542 e. The number of phenolic OH excluding ortho intramolecular Hbond substituents is 4. The minimum atomic E-state index is -2.08. The molecule has 3 aromatic heterocycles. The Morgan fingerprint density at radius 2 is 0.871 bits per heavy atom. The monoisotopic (exact) mass is 932 g/mol. The van der Waals surface area contributed by atoms with Crippen molar-refractivity contribution in [3.8, 4) is 28.7 Å². The van der Waals surface area contributed by atoms with Crippen LogP contribution in [0.4, 0.5) is 0 Å². The Morgan fingerprint density at radius 3 is 1.32 bits per heavy atom. The van der Waals surface area contributed by atoms with Crippen molar-refractivity contribution in [1.29, 1.82) is 0 Å². The predicted molar refractivity (Wildman–Crippen MR) is 249 cm³/mol. The molecule has 0 fully saturated rings. The first-order chi connectivity index (χ1) is 29.1. The van der Waals surface area contributed by atoms with Crippen molar-refractivity contribution in [1.82, 2.24) is 0 Å². The second-order valence-corrected chi connectivity index (χ2v) is 22.1. The molecule has 0 radical (unpaired) electrons. The number of hydrogen-bond donors (Lipinski definition) is 4. The Bertz CT molecular complexity index is 3350. The van der Waals surface area contributed by atoms with Gasteiger partial charge in [0.05, 0.1) is 37.3 Å². The highest BCUT2D eigenvalue weighted by Gasteiger charge is 2.39. The Balaban J connectivity index is 0.000000144. The SMILES string of the molecule is Cc1ccc2c(=O)c3ccc(O[Si](C)(C)C(C)(C)C)c(Cl)c3oc2c1Cl.O=c1c2ccc(O)c(Cl)c2oc2c(Cl)c(O)ccc12.O=c1c2ccc(O)cc2oc2cc(O)ccc12. The molecule has 3 heterocycles. The van der Waals surface area contributed by atoms with E-state index in [-0.39, 0.29) is 76.3 Å². The van der Waals surface area contributed by atoms with Crippen molar-refractivity contribution in [2.24, 2.45) is 0 Å². The van der Waals surface area contributed by atoms with Gasteiger partial charge in [-0.1, -0.05) is 73.2 Å². The van der Waals surface area contributed by atoms with Crippen molar-refractivity contribution >= 4 is 121 Å². The molecule has 0 atom stereocenters. The van der Waals surface area contributed by atoms with Crippen LogP contribution in [0.1, 0.15) is 26.3 Å². The normalized spacial score (nSPS) is 11.8. The largest absolute Gasteiger partial charge is 0.542 e. The summed E-state index contributed by atoms with van der Waals surface area (Å²) < 4.78 is 23.2. The summed E-state index contributed by atoms with van der Waals surface area (Å²) >= 11 is 24.7. The second-order valence-electron chi connectivity index (χ2n) is 15.9. The van der Waals surface area contributed by atoms with Crippen LogP contribution in [0.2, 0.25) is 38.2 Å². The van der Waals surface area contributed by atoms with Gasteiger partial charge in [0, 0.05) is 12.1 Å². The summed E-state index contributed by atoms with van der Waals surface area (Å²) in [5, 5.41) is 40.5. The highest BCUT2D eigenvalue weighted by atomic mass is 35.5. The summed E-state index contributed by atoms with van der Waals surface area (Å²) in [6.45, 7) is 12.6. The molecule has 62 heavy (non-hydrogen) atoms. The molecule has 0 amide bonds. The van der Waals surface area contributed by atoms with E-state index in [1.807, 2.05) is 13.0 Å². The summed E-state index contributed by atoms with van der Waals surface area (Å²) in [6, 6.07) is 21.1. The molecule has 0 aliphatic rings. The Labute approximate surface area is 372 Å². The lowest BCUT2D eigenvalue weighted by atomic mass is 10.1. The van der Waals surface area contributed by atoms with Crippen LogP contribution in [0, 0.1) is 6.92 Å². The number of benzene rings is 6. The summed E-state index contributed by atoms with van der Waals surface area (Å²) in [6.07, 6.45) is 0. The molecule has 0 aliphatic heterocycles. The van der Waals surface area contributed by atoms with Gasteiger partial charge in [0.15, 0.2) is 22.3 Å². The van der Waals surface area contributed by atoms with Crippen LogP contribution in [-0.4, -0.2) is 28.7 Å². The van der Waals surface area contributed by atoms with Crippen molar-refractivity contribution in [3.63, 3.8) is 0 Å². The van der Waals surface area contributed by atoms with E-state index in [9.17, 15) is 34.8 Å². The first kappa shape index (κ1) is 44.2. The topological polar surface area (TPSA) is 181 Å². The van der Waals surface area contributed by atoms with Crippen LogP contribution >= 0.6 is 46.4 Å². The molecule has 318 valence electrons. The van der Waals surface area contributed by atoms with Gasteiger partial charge in [0.2, 0.25) is 16.3 Å². The number of aryl methyl sites for hydroxylation is 1. The van der Waals surface area contributed by atoms with E-state index in [2.05, 4.69) is 33.9 Å². The Morgan fingerprint density at radius 1 is 0.500 bits per heavy atom. The van der Waals surface area contributed by atoms with Gasteiger partial charge in [-0.2, -0.15) is 0 Å². The smallest absolute Gasteiger partial charge is 0.250 e. The van der Waals surface area contributed by atoms with Crippen molar-refractivity contribution < 1.29 is 38.1 Å². The third kappa shape index (κ3) is 8.00. The minimum absolute atomic E-state index is 0.0237. The molecule has 0 spiro atoms. The molecule has 6 aromatic carbocycles. The van der Waals surface area contributed by atoms with Crippen LogP contribution in [0.5, 0.6) is 28.7 Å². The van der Waals surface area contributed by atoms with Gasteiger partial charge >= 0.3 is 0 Å². The zero-order valence-electron chi connectivity index (χ0n) is 33.7. The quantitative estimate of drug-likeness (QED) is 0.0956. The molecule has 0 saturated carbocycles. The number of aromatic hydroxyl groups is 4. The summed E-state index contributed by atoms with van der Waals surface area (Å²) in [5.74, 6) is 0.193. The zero-order chi connectivity index (χ0) is 45.2. The number of rotatable bonds is 2. The van der Waals surface area contributed by atoms with Crippen molar-refractivity contribution in [2.75, 3.05) is 0 Å². The molecular formula is C46H36Cl4O11Si. The van der Waals surface area contributed by atoms with Gasteiger partial charge in [-0.25, -0.2) is 0 Å². The summed E-state index contributed by atoms with van der Waals surface area (Å²) in [7, 11) is -2.08. The van der Waals surface area contributed by atoms with Crippen LogP contribution in [-0.2, 0) is 0 Å². The molecule has 0 aliphatic carbocycles. The van der Waals surface area contributed by atoms with Crippen LogP contribution in [0.15, 0.2) is 113 Å². The van der Waals surface area contributed by atoms with Crippen molar-refractivity contribution in [3.05, 3.63) is 141 Å². The fourth-order valence-electron chi connectivity index (χ4n) is 6.23. The first-order valence-electron chi connectivity index (χ1n) is 18.8. The lowest BCUT2D eigenvalue weighted by Crippen LogP contribution is -2.43. The van der Waals surface area contributed by atoms with E-state index in [0.717, 1.165) is 5.56 Å². The predicted octanol–water partition coefficient (Wildman–Crippen LogP) is 13.0. The van der Waals surface area contributed by atoms with Crippen LogP contribution in [0.25, 0.3) is 65.8 Å². The highest BCUT2D eigenvalue weighted by molar-refractivity contribution is 6.74. The van der Waals surface area contributed by atoms with Gasteiger partial charge in [-0.15, -0.1) is 0 Å². The van der Waals surface area contributed by atoms with Crippen LogP contribution < -0.4 is 20.7 Å². The van der Waals surface area contributed by atoms with E-state index in [1.165, 1.54) is 60.7 Å². The second kappa shape index (κ2) is 16.4. The average Bonchev–Trinajstić information content (AvgIpc) is 3.21.